The lowest BCUT2D eigenvalue weighted by molar-refractivity contribution is -0.123. The van der Waals surface area contributed by atoms with Gasteiger partial charge < -0.3 is 15.8 Å². The summed E-state index contributed by atoms with van der Waals surface area (Å²) in [5, 5.41) is 2.96. The van der Waals surface area contributed by atoms with Gasteiger partial charge in [-0.25, -0.2) is 0 Å². The summed E-state index contributed by atoms with van der Waals surface area (Å²) in [4.78, 5) is 12.1. The number of nitrogens with two attached hydrogens (primary N) is 1. The van der Waals surface area contributed by atoms with Crippen LogP contribution in [0.5, 0.6) is 0 Å². The third kappa shape index (κ3) is 5.72. The number of aryl methyl sites for hydroxylation is 1. The minimum atomic E-state index is -0.478. The molecular weight excluding hydrogens is 252 g/mol. The second-order valence-corrected chi connectivity index (χ2v) is 5.45. The number of hydrogen-bond donors (Lipinski definition) is 2. The van der Waals surface area contributed by atoms with Crippen LogP contribution in [-0.2, 0) is 16.0 Å². The maximum atomic E-state index is 12.1. The van der Waals surface area contributed by atoms with Crippen LogP contribution in [0.3, 0.4) is 0 Å². The molecule has 0 spiro atoms. The smallest absolute Gasteiger partial charge is 0.237 e. The van der Waals surface area contributed by atoms with Crippen LogP contribution < -0.4 is 11.1 Å². The standard InChI is InChI=1S/C16H26N2O2/c1-12(2)15(11-20-3)18-16(19)14(17)10-9-13-7-5-4-6-8-13/h4-8,12,14-15H,9-11,17H2,1-3H3,(H,18,19). The Bertz CT molecular complexity index is 393. The van der Waals surface area contributed by atoms with Gasteiger partial charge in [0.15, 0.2) is 0 Å². The van der Waals surface area contributed by atoms with E-state index >= 15 is 0 Å². The molecule has 1 rings (SSSR count). The largest absolute Gasteiger partial charge is 0.383 e. The molecule has 112 valence electrons. The topological polar surface area (TPSA) is 64.3 Å². The van der Waals surface area contributed by atoms with Crippen LogP contribution in [0.2, 0.25) is 0 Å². The molecule has 4 heteroatoms. The molecule has 0 fully saturated rings. The van der Waals surface area contributed by atoms with Gasteiger partial charge in [0.1, 0.15) is 0 Å². The molecule has 4 nitrogen and oxygen atoms in total. The molecule has 0 aromatic heterocycles. The number of methoxy groups -OCH3 is 1. The summed E-state index contributed by atoms with van der Waals surface area (Å²) in [6.45, 7) is 4.62. The number of amides is 1. The first-order valence-electron chi connectivity index (χ1n) is 7.13. The van der Waals surface area contributed by atoms with E-state index in [2.05, 4.69) is 19.2 Å². The van der Waals surface area contributed by atoms with Crippen LogP contribution in [0.15, 0.2) is 30.3 Å². The Morgan fingerprint density at radius 2 is 1.95 bits per heavy atom. The first kappa shape index (κ1) is 16.7. The maximum Gasteiger partial charge on any atom is 0.237 e. The van der Waals surface area contributed by atoms with Gasteiger partial charge in [-0.15, -0.1) is 0 Å². The Morgan fingerprint density at radius 1 is 1.30 bits per heavy atom. The lowest BCUT2D eigenvalue weighted by Crippen LogP contribution is -2.49. The molecule has 3 N–H and O–H groups in total. The number of nitrogens with one attached hydrogen (secondary N) is 1. The van der Waals surface area contributed by atoms with Crippen molar-refractivity contribution >= 4 is 5.91 Å². The van der Waals surface area contributed by atoms with Crippen LogP contribution in [-0.4, -0.2) is 31.7 Å². The molecule has 0 aliphatic rings. The molecule has 1 amide bonds. The highest BCUT2D eigenvalue weighted by Gasteiger charge is 2.20. The summed E-state index contributed by atoms with van der Waals surface area (Å²) in [5.41, 5.74) is 7.16. The highest BCUT2D eigenvalue weighted by molar-refractivity contribution is 5.81. The second kappa shape index (κ2) is 8.72. The Labute approximate surface area is 121 Å². The fraction of sp³-hybridized carbons (Fsp3) is 0.562. The number of carbonyl (C=O) groups is 1. The predicted molar refractivity (Wildman–Crippen MR) is 81.4 cm³/mol. The monoisotopic (exact) mass is 278 g/mol. The average Bonchev–Trinajstić information content (AvgIpc) is 2.45. The maximum absolute atomic E-state index is 12.1. The van der Waals surface area contributed by atoms with E-state index in [1.807, 2.05) is 30.3 Å². The van der Waals surface area contributed by atoms with Gasteiger partial charge in [0.2, 0.25) is 5.91 Å². The summed E-state index contributed by atoms with van der Waals surface area (Å²) in [5.74, 6) is 0.219. The van der Waals surface area contributed by atoms with Crippen molar-refractivity contribution in [3.05, 3.63) is 35.9 Å². The summed E-state index contributed by atoms with van der Waals surface area (Å²) < 4.78 is 5.12. The summed E-state index contributed by atoms with van der Waals surface area (Å²) in [6, 6.07) is 9.60. The third-order valence-corrected chi connectivity index (χ3v) is 3.40. The zero-order chi connectivity index (χ0) is 15.0. The lowest BCUT2D eigenvalue weighted by Gasteiger charge is -2.23. The molecule has 0 aliphatic heterocycles. The van der Waals surface area contributed by atoms with Gasteiger partial charge in [0.05, 0.1) is 18.7 Å². The molecule has 0 saturated carbocycles. The molecule has 1 aromatic carbocycles. The fourth-order valence-electron chi connectivity index (χ4n) is 1.97. The van der Waals surface area contributed by atoms with Crippen molar-refractivity contribution in [3.8, 4) is 0 Å². The van der Waals surface area contributed by atoms with Crippen molar-refractivity contribution in [1.29, 1.82) is 0 Å². The van der Waals surface area contributed by atoms with E-state index in [-0.39, 0.29) is 11.9 Å². The van der Waals surface area contributed by atoms with E-state index < -0.39 is 6.04 Å². The van der Waals surface area contributed by atoms with Crippen molar-refractivity contribution in [3.63, 3.8) is 0 Å². The third-order valence-electron chi connectivity index (χ3n) is 3.40. The Kier molecular flexibility index (Phi) is 7.26. The molecule has 1 aromatic rings. The quantitative estimate of drug-likeness (QED) is 0.761. The van der Waals surface area contributed by atoms with E-state index in [0.29, 0.717) is 18.9 Å². The Hall–Kier alpha value is -1.39. The summed E-state index contributed by atoms with van der Waals surface area (Å²) in [7, 11) is 1.64. The van der Waals surface area contributed by atoms with E-state index in [9.17, 15) is 4.79 Å². The molecule has 0 bridgehead atoms. The minimum absolute atomic E-state index is 0.00951. The molecule has 2 atom stereocenters. The first-order chi connectivity index (χ1) is 9.54. The second-order valence-electron chi connectivity index (χ2n) is 5.45. The predicted octanol–water partition coefficient (Wildman–Crippen LogP) is 1.73. The molecule has 0 saturated heterocycles. The zero-order valence-corrected chi connectivity index (χ0v) is 12.6. The average molecular weight is 278 g/mol. The molecule has 0 radical (unpaired) electrons. The zero-order valence-electron chi connectivity index (χ0n) is 12.6. The number of carbonyl (C=O) groups excluding carboxylic acids is 1. The van der Waals surface area contributed by atoms with E-state index in [1.54, 1.807) is 7.11 Å². The summed E-state index contributed by atoms with van der Waals surface area (Å²) >= 11 is 0. The van der Waals surface area contributed by atoms with Crippen LogP contribution in [0.4, 0.5) is 0 Å². The molecular formula is C16H26N2O2. The van der Waals surface area contributed by atoms with Crippen molar-refractivity contribution in [2.45, 2.75) is 38.8 Å². The van der Waals surface area contributed by atoms with E-state index in [4.69, 9.17) is 10.5 Å². The van der Waals surface area contributed by atoms with Gasteiger partial charge in [-0.2, -0.15) is 0 Å². The van der Waals surface area contributed by atoms with Gasteiger partial charge in [-0.05, 0) is 24.3 Å². The van der Waals surface area contributed by atoms with Gasteiger partial charge in [-0.3, -0.25) is 4.79 Å². The molecule has 0 aliphatic carbocycles. The van der Waals surface area contributed by atoms with Crippen LogP contribution in [0.1, 0.15) is 25.8 Å². The SMILES string of the molecule is COCC(NC(=O)C(N)CCc1ccccc1)C(C)C. The number of rotatable bonds is 8. The van der Waals surface area contributed by atoms with Gasteiger partial charge >= 0.3 is 0 Å². The van der Waals surface area contributed by atoms with Crippen molar-refractivity contribution in [1.82, 2.24) is 5.32 Å². The highest BCUT2D eigenvalue weighted by atomic mass is 16.5. The van der Waals surface area contributed by atoms with Crippen molar-refractivity contribution < 1.29 is 9.53 Å². The minimum Gasteiger partial charge on any atom is -0.383 e. The number of benzene rings is 1. The van der Waals surface area contributed by atoms with E-state index in [0.717, 1.165) is 6.42 Å². The highest BCUT2D eigenvalue weighted by Crippen LogP contribution is 2.06. The number of ether oxygens (including phenoxy) is 1. The van der Waals surface area contributed by atoms with Crippen LogP contribution in [0, 0.1) is 5.92 Å². The molecule has 20 heavy (non-hydrogen) atoms. The normalized spacial score (nSPS) is 14.1. The first-order valence-corrected chi connectivity index (χ1v) is 7.13. The Balaban J connectivity index is 2.42. The van der Waals surface area contributed by atoms with Crippen LogP contribution in [0.25, 0.3) is 0 Å². The summed E-state index contributed by atoms with van der Waals surface area (Å²) in [6.07, 6.45) is 1.46. The van der Waals surface area contributed by atoms with Gasteiger partial charge in [-0.1, -0.05) is 44.2 Å². The van der Waals surface area contributed by atoms with E-state index in [1.165, 1.54) is 5.56 Å². The van der Waals surface area contributed by atoms with Crippen LogP contribution >= 0.6 is 0 Å². The van der Waals surface area contributed by atoms with Gasteiger partial charge in [0, 0.05) is 7.11 Å². The lowest BCUT2D eigenvalue weighted by atomic mass is 10.0. The fourth-order valence-corrected chi connectivity index (χ4v) is 1.97. The molecule has 2 unspecified atom stereocenters. The van der Waals surface area contributed by atoms with Crippen molar-refractivity contribution in [2.75, 3.05) is 13.7 Å². The Morgan fingerprint density at radius 3 is 2.50 bits per heavy atom. The van der Waals surface area contributed by atoms with Crippen molar-refractivity contribution in [2.24, 2.45) is 11.7 Å². The van der Waals surface area contributed by atoms with Gasteiger partial charge in [0.25, 0.3) is 0 Å². The molecule has 0 heterocycles. The number of hydrogen-bond acceptors (Lipinski definition) is 3.